The molecule has 0 aliphatic rings. The van der Waals surface area contributed by atoms with Crippen LogP contribution in [0.15, 0.2) is 24.3 Å². The number of benzene rings is 1. The molecule has 0 amide bonds. The molecular weight excluding hydrogens is 265 g/mol. The van der Waals surface area contributed by atoms with Crippen molar-refractivity contribution in [1.29, 1.82) is 0 Å². The monoisotopic (exact) mass is 270 g/mol. The van der Waals surface area contributed by atoms with Crippen molar-refractivity contribution in [2.45, 2.75) is 6.18 Å². The summed E-state index contributed by atoms with van der Waals surface area (Å²) in [7, 11) is 0. The van der Waals surface area contributed by atoms with E-state index in [9.17, 15) is 28.1 Å². The maximum atomic E-state index is 12.8. The lowest BCUT2D eigenvalue weighted by atomic mass is 10.1. The van der Waals surface area contributed by atoms with Crippen molar-refractivity contribution in [3.8, 4) is 0 Å². The number of nitro groups is 1. The molecule has 2 rings (SSSR count). The van der Waals surface area contributed by atoms with Crippen LogP contribution < -0.4 is 0 Å². The summed E-state index contributed by atoms with van der Waals surface area (Å²) in [6.45, 7) is 0. The summed E-state index contributed by atoms with van der Waals surface area (Å²) in [6, 6.07) is 3.77. The van der Waals surface area contributed by atoms with Crippen molar-refractivity contribution in [1.82, 2.24) is 4.98 Å². The van der Waals surface area contributed by atoms with Gasteiger partial charge in [0.15, 0.2) is 6.29 Å². The van der Waals surface area contributed by atoms with Crippen LogP contribution in [0.1, 0.15) is 16.1 Å². The van der Waals surface area contributed by atoms with Crippen LogP contribution in [0, 0.1) is 10.1 Å². The number of aldehydes is 1. The van der Waals surface area contributed by atoms with Gasteiger partial charge >= 0.3 is 6.18 Å². The van der Waals surface area contributed by atoms with Crippen molar-refractivity contribution in [3.63, 3.8) is 0 Å². The molecule has 0 atom stereocenters. The number of hydrogen-bond acceptors (Lipinski definition) is 4. The van der Waals surface area contributed by atoms with Gasteiger partial charge in [-0.05, 0) is 6.07 Å². The van der Waals surface area contributed by atoms with Gasteiger partial charge in [0.05, 0.1) is 16.0 Å². The Bertz CT molecular complexity index is 683. The molecule has 1 aromatic carbocycles. The van der Waals surface area contributed by atoms with Gasteiger partial charge in [-0.3, -0.25) is 14.9 Å². The van der Waals surface area contributed by atoms with E-state index in [2.05, 4.69) is 4.98 Å². The number of non-ortho nitro benzene ring substituents is 1. The second-order valence-electron chi connectivity index (χ2n) is 3.67. The Morgan fingerprint density at radius 2 is 1.95 bits per heavy atom. The smallest absolute Gasteiger partial charge is 0.296 e. The predicted octanol–water partition coefficient (Wildman–Crippen LogP) is 2.97. The van der Waals surface area contributed by atoms with E-state index in [1.54, 1.807) is 0 Å². The number of hydrogen-bond donors (Lipinski definition) is 0. The van der Waals surface area contributed by atoms with Crippen molar-refractivity contribution < 1.29 is 22.9 Å². The van der Waals surface area contributed by atoms with Gasteiger partial charge in [0.2, 0.25) is 0 Å². The fourth-order valence-corrected chi connectivity index (χ4v) is 1.62. The van der Waals surface area contributed by atoms with Crippen LogP contribution in [0.25, 0.3) is 10.9 Å². The lowest BCUT2D eigenvalue weighted by Crippen LogP contribution is -2.08. The Balaban J connectivity index is 2.86. The molecule has 0 aliphatic carbocycles. The van der Waals surface area contributed by atoms with Gasteiger partial charge in [-0.25, -0.2) is 4.98 Å². The molecule has 0 aliphatic heterocycles. The van der Waals surface area contributed by atoms with Crippen molar-refractivity contribution in [3.05, 3.63) is 45.6 Å². The van der Waals surface area contributed by atoms with Crippen LogP contribution in [0.5, 0.6) is 0 Å². The second kappa shape index (κ2) is 4.30. The molecule has 0 fully saturated rings. The maximum absolute atomic E-state index is 12.8. The number of nitrogens with zero attached hydrogens (tertiary/aromatic N) is 2. The van der Waals surface area contributed by atoms with Crippen LogP contribution in [0.3, 0.4) is 0 Å². The van der Waals surface area contributed by atoms with Crippen molar-refractivity contribution in [2.24, 2.45) is 0 Å². The van der Waals surface area contributed by atoms with Crippen LogP contribution in [0.4, 0.5) is 18.9 Å². The van der Waals surface area contributed by atoms with Crippen molar-refractivity contribution in [2.75, 3.05) is 0 Å². The van der Waals surface area contributed by atoms with Gasteiger partial charge in [0, 0.05) is 17.5 Å². The van der Waals surface area contributed by atoms with Crippen LogP contribution in [-0.2, 0) is 6.18 Å². The lowest BCUT2D eigenvalue weighted by Gasteiger charge is -2.09. The van der Waals surface area contributed by atoms with E-state index in [1.165, 1.54) is 12.1 Å². The van der Waals surface area contributed by atoms with Gasteiger partial charge < -0.3 is 0 Å². The zero-order valence-corrected chi connectivity index (χ0v) is 9.14. The average molecular weight is 270 g/mol. The molecule has 0 radical (unpaired) electrons. The summed E-state index contributed by atoms with van der Waals surface area (Å²) >= 11 is 0. The number of carbonyl (C=O) groups is 1. The van der Waals surface area contributed by atoms with E-state index in [0.29, 0.717) is 12.4 Å². The van der Waals surface area contributed by atoms with Crippen LogP contribution >= 0.6 is 0 Å². The van der Waals surface area contributed by atoms with Gasteiger partial charge in [-0.2, -0.15) is 13.2 Å². The van der Waals surface area contributed by atoms with Gasteiger partial charge in [-0.1, -0.05) is 6.07 Å². The van der Waals surface area contributed by atoms with Gasteiger partial charge in [0.25, 0.3) is 5.69 Å². The quantitative estimate of drug-likeness (QED) is 0.477. The molecule has 0 spiro atoms. The Morgan fingerprint density at radius 3 is 2.47 bits per heavy atom. The van der Waals surface area contributed by atoms with Crippen LogP contribution in [0.2, 0.25) is 0 Å². The molecule has 0 bridgehead atoms. The number of fused-ring (bicyclic) bond motifs is 1. The van der Waals surface area contributed by atoms with Gasteiger partial charge in [-0.15, -0.1) is 0 Å². The SMILES string of the molecule is O=Cc1ccc2cc([N+](=O)[O-])cc(C(F)(F)F)c2n1. The fraction of sp³-hybridized carbons (Fsp3) is 0.0909. The molecule has 8 heteroatoms. The molecule has 1 heterocycles. The molecule has 0 N–H and O–H groups in total. The Kier molecular flexibility index (Phi) is 2.93. The Morgan fingerprint density at radius 1 is 1.26 bits per heavy atom. The standard InChI is InChI=1S/C11H5F3N2O3/c12-11(13,14)9-4-8(16(18)19)3-6-1-2-7(5-17)15-10(6)9/h1-5H. The summed E-state index contributed by atoms with van der Waals surface area (Å²) in [4.78, 5) is 23.8. The normalized spacial score (nSPS) is 11.5. The fourth-order valence-electron chi connectivity index (χ4n) is 1.62. The summed E-state index contributed by atoms with van der Waals surface area (Å²) in [6.07, 6.45) is -4.49. The molecule has 5 nitrogen and oxygen atoms in total. The minimum atomic E-state index is -4.79. The molecule has 0 saturated heterocycles. The minimum Gasteiger partial charge on any atom is -0.296 e. The first kappa shape index (κ1) is 12.9. The molecule has 19 heavy (non-hydrogen) atoms. The van der Waals surface area contributed by atoms with E-state index < -0.39 is 27.9 Å². The highest BCUT2D eigenvalue weighted by atomic mass is 19.4. The first-order chi connectivity index (χ1) is 8.82. The molecule has 98 valence electrons. The van der Waals surface area contributed by atoms with E-state index in [-0.39, 0.29) is 11.1 Å². The van der Waals surface area contributed by atoms with Gasteiger partial charge in [0.1, 0.15) is 5.69 Å². The Labute approximate surface area is 103 Å². The number of alkyl halides is 3. The third kappa shape index (κ3) is 2.37. The number of rotatable bonds is 2. The highest BCUT2D eigenvalue weighted by Crippen LogP contribution is 2.36. The molecule has 2 aromatic rings. The molecule has 1 aromatic heterocycles. The summed E-state index contributed by atoms with van der Waals surface area (Å²) in [5.74, 6) is 0. The molecule has 0 saturated carbocycles. The average Bonchev–Trinajstić information content (AvgIpc) is 2.35. The van der Waals surface area contributed by atoms with Crippen molar-refractivity contribution >= 4 is 22.9 Å². The maximum Gasteiger partial charge on any atom is 0.418 e. The molecular formula is C11H5F3N2O3. The zero-order chi connectivity index (χ0) is 14.2. The summed E-state index contributed by atoms with van der Waals surface area (Å²) < 4.78 is 38.5. The van der Waals surface area contributed by atoms with E-state index in [4.69, 9.17) is 0 Å². The minimum absolute atomic E-state index is 0.0490. The summed E-state index contributed by atoms with van der Waals surface area (Å²) in [5.41, 5.74) is -2.57. The van der Waals surface area contributed by atoms with E-state index >= 15 is 0 Å². The highest BCUT2D eigenvalue weighted by Gasteiger charge is 2.35. The third-order valence-corrected chi connectivity index (χ3v) is 2.44. The second-order valence-corrected chi connectivity index (χ2v) is 3.67. The zero-order valence-electron chi connectivity index (χ0n) is 9.14. The lowest BCUT2D eigenvalue weighted by molar-refractivity contribution is -0.385. The largest absolute Gasteiger partial charge is 0.418 e. The van der Waals surface area contributed by atoms with E-state index in [0.717, 1.165) is 6.07 Å². The number of aromatic nitrogens is 1. The number of halogens is 3. The predicted molar refractivity (Wildman–Crippen MR) is 58.8 cm³/mol. The Hall–Kier alpha value is -2.51. The number of carbonyl (C=O) groups excluding carboxylic acids is 1. The topological polar surface area (TPSA) is 73.1 Å². The van der Waals surface area contributed by atoms with E-state index in [1.807, 2.05) is 0 Å². The number of pyridine rings is 1. The third-order valence-electron chi connectivity index (χ3n) is 2.44. The molecule has 0 unspecified atom stereocenters. The number of nitro benzene ring substituents is 1. The summed E-state index contributed by atoms with van der Waals surface area (Å²) in [5, 5.41) is 10.6. The first-order valence-corrected chi connectivity index (χ1v) is 4.94. The van der Waals surface area contributed by atoms with Crippen LogP contribution in [-0.4, -0.2) is 16.2 Å². The first-order valence-electron chi connectivity index (χ1n) is 4.94. The highest BCUT2D eigenvalue weighted by molar-refractivity contribution is 5.88.